The number of carboxylic acid groups (broad SMARTS) is 1. The number of nitrogens with one attached hydrogen (secondary N) is 1. The quantitative estimate of drug-likeness (QED) is 0.731. The molecule has 23 heavy (non-hydrogen) atoms. The van der Waals surface area contributed by atoms with Crippen LogP contribution >= 0.6 is 0 Å². The minimum atomic E-state index is -1.27. The fourth-order valence-electron chi connectivity index (χ4n) is 1.72. The lowest BCUT2D eigenvalue weighted by Gasteiger charge is -2.15. The maximum atomic E-state index is 12.8. The van der Waals surface area contributed by atoms with Gasteiger partial charge in [-0.1, -0.05) is 0 Å². The summed E-state index contributed by atoms with van der Waals surface area (Å²) in [6, 6.07) is 4.95. The summed E-state index contributed by atoms with van der Waals surface area (Å²) in [5.41, 5.74) is 0. The Morgan fingerprint density at radius 3 is 2.70 bits per heavy atom. The molecule has 2 N–H and O–H groups in total. The number of nitrogens with zero attached hydrogens (tertiary/aromatic N) is 3. The highest BCUT2D eigenvalue weighted by atomic mass is 19.1. The maximum absolute atomic E-state index is 12.8. The van der Waals surface area contributed by atoms with E-state index >= 15 is 0 Å². The van der Waals surface area contributed by atoms with Gasteiger partial charge in [-0.05, 0) is 24.3 Å². The molecule has 0 aliphatic carbocycles. The summed E-state index contributed by atoms with van der Waals surface area (Å²) in [6.45, 7) is 0.130. The van der Waals surface area contributed by atoms with E-state index in [2.05, 4.69) is 15.4 Å². The Bertz CT molecular complexity index is 645. The number of hydrogen-bond acceptors (Lipinski definition) is 5. The molecule has 0 radical (unpaired) electrons. The number of carboxylic acids is 1. The topological polar surface area (TPSA) is 106 Å². The summed E-state index contributed by atoms with van der Waals surface area (Å²) >= 11 is 0. The third kappa shape index (κ3) is 5.38. The van der Waals surface area contributed by atoms with Gasteiger partial charge in [-0.2, -0.15) is 5.10 Å². The van der Waals surface area contributed by atoms with Gasteiger partial charge in [-0.25, -0.2) is 14.2 Å². The average molecular weight is 322 g/mol. The fourth-order valence-corrected chi connectivity index (χ4v) is 1.72. The molecule has 0 saturated carbocycles. The number of carbonyl (C=O) groups excluding carboxylic acids is 1. The number of carbonyl (C=O) groups is 2. The van der Waals surface area contributed by atoms with E-state index < -0.39 is 17.9 Å². The van der Waals surface area contributed by atoms with Gasteiger partial charge in [0.2, 0.25) is 12.0 Å². The van der Waals surface area contributed by atoms with Gasteiger partial charge in [0.15, 0.2) is 0 Å². The van der Waals surface area contributed by atoms with E-state index in [1.165, 1.54) is 29.5 Å². The van der Waals surface area contributed by atoms with Gasteiger partial charge < -0.3 is 15.2 Å². The molecule has 1 unspecified atom stereocenters. The molecular weight excluding hydrogens is 307 g/mol. The Balaban J connectivity index is 1.80. The van der Waals surface area contributed by atoms with Gasteiger partial charge in [-0.15, -0.1) is 0 Å². The summed E-state index contributed by atoms with van der Waals surface area (Å²) in [5, 5.41) is 15.4. The highest BCUT2D eigenvalue weighted by Gasteiger charge is 2.20. The fraction of sp³-hybridized carbons (Fsp3) is 0.286. The van der Waals surface area contributed by atoms with Crippen molar-refractivity contribution in [3.63, 3.8) is 0 Å². The van der Waals surface area contributed by atoms with E-state index in [0.717, 1.165) is 12.1 Å². The van der Waals surface area contributed by atoms with Crippen LogP contribution in [0.4, 0.5) is 4.39 Å². The second-order valence-corrected chi connectivity index (χ2v) is 4.61. The predicted molar refractivity (Wildman–Crippen MR) is 76.1 cm³/mol. The van der Waals surface area contributed by atoms with Crippen molar-refractivity contribution in [1.29, 1.82) is 0 Å². The average Bonchev–Trinajstić information content (AvgIpc) is 3.04. The normalized spacial score (nSPS) is 11.7. The van der Waals surface area contributed by atoms with Crippen molar-refractivity contribution in [2.75, 3.05) is 6.54 Å². The molecule has 122 valence electrons. The van der Waals surface area contributed by atoms with Gasteiger partial charge in [0.05, 0.1) is 13.1 Å². The van der Waals surface area contributed by atoms with Crippen molar-refractivity contribution >= 4 is 11.9 Å². The number of hydrogen-bond donors (Lipinski definition) is 2. The predicted octanol–water partition coefficient (Wildman–Crippen LogP) is 0.456. The van der Waals surface area contributed by atoms with Crippen molar-refractivity contribution in [2.24, 2.45) is 0 Å². The Hall–Kier alpha value is -2.97. The standard InChI is InChI=1S/C14H15FN4O4/c15-10-1-3-11(4-2-10)23-12(14(21)22)7-17-13(20)5-6-19-9-16-8-18-19/h1-4,8-9,12H,5-7H2,(H,17,20)(H,21,22). The van der Waals surface area contributed by atoms with Crippen LogP contribution in [0.3, 0.4) is 0 Å². The number of halogens is 1. The first kappa shape index (κ1) is 16.4. The number of aliphatic carboxylic acids is 1. The molecule has 8 nitrogen and oxygen atoms in total. The van der Waals surface area contributed by atoms with Crippen LogP contribution in [0.15, 0.2) is 36.9 Å². The third-order valence-corrected chi connectivity index (χ3v) is 2.89. The van der Waals surface area contributed by atoms with Gasteiger partial charge >= 0.3 is 5.97 Å². The van der Waals surface area contributed by atoms with Crippen LogP contribution in [0.5, 0.6) is 5.75 Å². The molecule has 1 aromatic carbocycles. The molecule has 0 fully saturated rings. The van der Waals surface area contributed by atoms with Gasteiger partial charge in [0, 0.05) is 6.42 Å². The lowest BCUT2D eigenvalue weighted by Crippen LogP contribution is -2.40. The highest BCUT2D eigenvalue weighted by molar-refractivity contribution is 5.78. The van der Waals surface area contributed by atoms with E-state index in [9.17, 15) is 14.0 Å². The SMILES string of the molecule is O=C(CCn1cncn1)NCC(Oc1ccc(F)cc1)C(=O)O. The zero-order valence-electron chi connectivity index (χ0n) is 12.1. The molecule has 2 rings (SSSR count). The van der Waals surface area contributed by atoms with E-state index in [4.69, 9.17) is 9.84 Å². The molecule has 1 atom stereocenters. The summed E-state index contributed by atoms with van der Waals surface area (Å²) < 4.78 is 19.5. The molecule has 1 aromatic heterocycles. The highest BCUT2D eigenvalue weighted by Crippen LogP contribution is 2.13. The summed E-state index contributed by atoms with van der Waals surface area (Å²) in [7, 11) is 0. The number of aryl methyl sites for hydroxylation is 1. The Morgan fingerprint density at radius 1 is 1.35 bits per heavy atom. The van der Waals surface area contributed by atoms with E-state index in [0.29, 0.717) is 6.54 Å². The smallest absolute Gasteiger partial charge is 0.346 e. The Morgan fingerprint density at radius 2 is 2.09 bits per heavy atom. The Kier molecular flexibility index (Phi) is 5.61. The van der Waals surface area contributed by atoms with Crippen molar-refractivity contribution in [2.45, 2.75) is 19.1 Å². The lowest BCUT2D eigenvalue weighted by atomic mass is 10.3. The van der Waals surface area contributed by atoms with Crippen LogP contribution in [0.1, 0.15) is 6.42 Å². The van der Waals surface area contributed by atoms with E-state index in [1.54, 1.807) is 0 Å². The molecule has 0 bridgehead atoms. The molecule has 1 amide bonds. The van der Waals surface area contributed by atoms with Crippen molar-refractivity contribution in [3.05, 3.63) is 42.7 Å². The lowest BCUT2D eigenvalue weighted by molar-refractivity contribution is -0.145. The molecule has 9 heteroatoms. The molecule has 0 saturated heterocycles. The summed E-state index contributed by atoms with van der Waals surface area (Å²) in [5.74, 6) is -1.82. The van der Waals surface area contributed by atoms with E-state index in [-0.39, 0.29) is 24.6 Å². The van der Waals surface area contributed by atoms with Gasteiger partial charge in [-0.3, -0.25) is 9.48 Å². The first-order valence-electron chi connectivity index (χ1n) is 6.79. The monoisotopic (exact) mass is 322 g/mol. The molecule has 0 spiro atoms. The zero-order valence-corrected chi connectivity index (χ0v) is 12.1. The van der Waals surface area contributed by atoms with Gasteiger partial charge in [0.1, 0.15) is 24.2 Å². The second-order valence-electron chi connectivity index (χ2n) is 4.61. The molecule has 1 heterocycles. The van der Waals surface area contributed by atoms with Crippen LogP contribution in [-0.2, 0) is 16.1 Å². The van der Waals surface area contributed by atoms with Crippen LogP contribution in [0.2, 0.25) is 0 Å². The molecular formula is C14H15FN4O4. The van der Waals surface area contributed by atoms with Crippen LogP contribution in [-0.4, -0.2) is 44.4 Å². The zero-order chi connectivity index (χ0) is 16.7. The minimum absolute atomic E-state index is 0.131. The first-order chi connectivity index (χ1) is 11.0. The summed E-state index contributed by atoms with van der Waals surface area (Å²) in [6.07, 6.45) is 1.70. The number of rotatable bonds is 8. The van der Waals surface area contributed by atoms with Crippen LogP contribution in [0.25, 0.3) is 0 Å². The largest absolute Gasteiger partial charge is 0.478 e. The van der Waals surface area contributed by atoms with Gasteiger partial charge in [0.25, 0.3) is 0 Å². The second kappa shape index (κ2) is 7.87. The maximum Gasteiger partial charge on any atom is 0.346 e. The summed E-state index contributed by atoms with van der Waals surface area (Å²) in [4.78, 5) is 26.6. The van der Waals surface area contributed by atoms with Crippen molar-refractivity contribution < 1.29 is 23.8 Å². The number of aromatic nitrogens is 3. The number of benzene rings is 1. The van der Waals surface area contributed by atoms with Crippen molar-refractivity contribution in [1.82, 2.24) is 20.1 Å². The Labute approximate surface area is 130 Å². The molecule has 0 aliphatic heterocycles. The van der Waals surface area contributed by atoms with Crippen LogP contribution < -0.4 is 10.1 Å². The minimum Gasteiger partial charge on any atom is -0.478 e. The number of amides is 1. The number of ether oxygens (including phenoxy) is 1. The first-order valence-corrected chi connectivity index (χ1v) is 6.79. The molecule has 0 aliphatic rings. The third-order valence-electron chi connectivity index (χ3n) is 2.89. The molecule has 2 aromatic rings. The van der Waals surface area contributed by atoms with E-state index in [1.807, 2.05) is 0 Å². The van der Waals surface area contributed by atoms with Crippen LogP contribution in [0, 0.1) is 5.82 Å². The van der Waals surface area contributed by atoms with Crippen molar-refractivity contribution in [3.8, 4) is 5.75 Å².